The van der Waals surface area contributed by atoms with Gasteiger partial charge in [-0.05, 0) is 85.6 Å². The molecule has 280 valence electrons. The minimum Gasteiger partial charge on any atom is -0.392 e. The van der Waals surface area contributed by atoms with E-state index in [1.807, 2.05) is 48.6 Å². The fourth-order valence-corrected chi connectivity index (χ4v) is 6.66. The van der Waals surface area contributed by atoms with Gasteiger partial charge in [0.05, 0.1) is 36.1 Å². The van der Waals surface area contributed by atoms with Crippen LogP contribution in [0.15, 0.2) is 0 Å². The fourth-order valence-electron chi connectivity index (χ4n) is 6.66. The van der Waals surface area contributed by atoms with Crippen LogP contribution >= 0.6 is 0 Å². The van der Waals surface area contributed by atoms with Crippen molar-refractivity contribution in [2.24, 2.45) is 23.7 Å². The van der Waals surface area contributed by atoms with Crippen LogP contribution in [0.3, 0.4) is 0 Å². The average molecular weight is 676 g/mol. The van der Waals surface area contributed by atoms with E-state index in [0.717, 1.165) is 32.1 Å². The van der Waals surface area contributed by atoms with Crippen LogP contribution in [0.2, 0.25) is 0 Å². The maximum Gasteiger partial charge on any atom is 0.157 e. The quantitative estimate of drug-likeness (QED) is 0.304. The first-order valence-corrected chi connectivity index (χ1v) is 18.1. The zero-order valence-corrected chi connectivity index (χ0v) is 32.1. The van der Waals surface area contributed by atoms with Gasteiger partial charge in [0.2, 0.25) is 0 Å². The van der Waals surface area contributed by atoms with Gasteiger partial charge in [-0.25, -0.2) is 0 Å². The van der Waals surface area contributed by atoms with Crippen molar-refractivity contribution in [2.45, 2.75) is 175 Å². The zero-order valence-electron chi connectivity index (χ0n) is 32.1. The van der Waals surface area contributed by atoms with Gasteiger partial charge in [0.1, 0.15) is 17.7 Å². The Bertz CT molecular complexity index is 865. The summed E-state index contributed by atoms with van der Waals surface area (Å²) >= 11 is 0. The molecule has 11 atom stereocenters. The predicted octanol–water partition coefficient (Wildman–Crippen LogP) is 5.47. The third-order valence-electron chi connectivity index (χ3n) is 10.3. The predicted molar refractivity (Wildman–Crippen MR) is 187 cm³/mol. The molecule has 10 heteroatoms. The number of aliphatic hydroxyl groups excluding tert-OH is 3. The topological polar surface area (TPSA) is 144 Å². The first-order valence-electron chi connectivity index (χ1n) is 18.1. The highest BCUT2D eigenvalue weighted by atomic mass is 16.6. The molecule has 3 aliphatic rings. The number of rotatable bonds is 3. The lowest BCUT2D eigenvalue weighted by Crippen LogP contribution is -2.51. The molecule has 0 aromatic heterocycles. The SMILES string of the molecule is CC.CNC1CC(C)OC(C)C1.CO[C@@]1(C)CCCC(C)C(=O)CC[C@H](C)C(O)C(C)C(=O)[C@H](C)C1.CO[C@]1(C)CC(O)OCC1O. The van der Waals surface area contributed by atoms with Crippen molar-refractivity contribution in [1.82, 2.24) is 5.32 Å². The molecule has 3 fully saturated rings. The van der Waals surface area contributed by atoms with Crippen molar-refractivity contribution in [3.63, 3.8) is 0 Å². The number of aliphatic hydroxyl groups is 3. The molecule has 7 unspecified atom stereocenters. The highest BCUT2D eigenvalue weighted by Gasteiger charge is 2.40. The molecule has 1 aliphatic carbocycles. The summed E-state index contributed by atoms with van der Waals surface area (Å²) in [6.45, 7) is 19.9. The lowest BCUT2D eigenvalue weighted by atomic mass is 9.78. The summed E-state index contributed by atoms with van der Waals surface area (Å²) in [5.41, 5.74) is -1.03. The zero-order chi connectivity index (χ0) is 36.5. The van der Waals surface area contributed by atoms with Gasteiger partial charge >= 0.3 is 0 Å². The summed E-state index contributed by atoms with van der Waals surface area (Å²) in [5.74, 6) is -0.203. The number of Topliss-reactive ketones (excluding diaryl/α,β-unsaturated/α-hetero) is 2. The first kappa shape index (κ1) is 46.0. The van der Waals surface area contributed by atoms with Crippen molar-refractivity contribution < 1.29 is 43.9 Å². The molecule has 0 radical (unpaired) electrons. The van der Waals surface area contributed by atoms with Gasteiger partial charge < -0.3 is 39.6 Å². The number of ketones is 2. The van der Waals surface area contributed by atoms with E-state index in [-0.39, 0.29) is 41.5 Å². The lowest BCUT2D eigenvalue weighted by molar-refractivity contribution is -0.235. The Hall–Kier alpha value is -0.980. The molecule has 0 bridgehead atoms. The number of methoxy groups -OCH3 is 2. The summed E-state index contributed by atoms with van der Waals surface area (Å²) in [5, 5.41) is 32.3. The molecule has 2 heterocycles. The van der Waals surface area contributed by atoms with Crippen LogP contribution in [0.4, 0.5) is 0 Å². The molecular weight excluding hydrogens is 602 g/mol. The minimum atomic E-state index is -0.816. The minimum absolute atomic E-state index is 0.0508. The molecule has 4 N–H and O–H groups in total. The number of carbonyl (C=O) groups excluding carboxylic acids is 2. The fraction of sp³-hybridized carbons (Fsp3) is 0.946. The summed E-state index contributed by atoms with van der Waals surface area (Å²) in [6.07, 6.45) is 5.71. The Morgan fingerprint density at radius 3 is 1.91 bits per heavy atom. The van der Waals surface area contributed by atoms with Crippen LogP contribution in [0.1, 0.15) is 127 Å². The second-order valence-corrected chi connectivity index (χ2v) is 14.5. The van der Waals surface area contributed by atoms with Gasteiger partial charge in [-0.15, -0.1) is 0 Å². The largest absolute Gasteiger partial charge is 0.392 e. The molecule has 47 heavy (non-hydrogen) atoms. The molecule has 10 nitrogen and oxygen atoms in total. The van der Waals surface area contributed by atoms with E-state index >= 15 is 0 Å². The van der Waals surface area contributed by atoms with Crippen LogP contribution in [-0.2, 0) is 28.5 Å². The van der Waals surface area contributed by atoms with Crippen molar-refractivity contribution in [1.29, 1.82) is 0 Å². The molecule has 2 aliphatic heterocycles. The maximum absolute atomic E-state index is 12.7. The van der Waals surface area contributed by atoms with Gasteiger partial charge in [-0.2, -0.15) is 0 Å². The normalized spacial score (nSPS) is 40.7. The summed E-state index contributed by atoms with van der Waals surface area (Å²) in [6, 6.07) is 0.666. The summed E-state index contributed by atoms with van der Waals surface area (Å²) in [4.78, 5) is 25.0. The molecule has 0 spiro atoms. The maximum atomic E-state index is 12.7. The molecule has 1 saturated carbocycles. The van der Waals surface area contributed by atoms with Crippen LogP contribution < -0.4 is 5.32 Å². The summed E-state index contributed by atoms with van der Waals surface area (Å²) < 4.78 is 21.2. The highest BCUT2D eigenvalue weighted by molar-refractivity contribution is 5.83. The van der Waals surface area contributed by atoms with Gasteiger partial charge in [0, 0.05) is 50.9 Å². The second kappa shape index (κ2) is 22.7. The van der Waals surface area contributed by atoms with E-state index < -0.39 is 30.0 Å². The Kier molecular flexibility index (Phi) is 22.2. The Balaban J connectivity index is 0.000000755. The van der Waals surface area contributed by atoms with E-state index in [1.165, 1.54) is 7.11 Å². The van der Waals surface area contributed by atoms with Crippen LogP contribution in [0.25, 0.3) is 0 Å². The third-order valence-corrected chi connectivity index (χ3v) is 10.3. The third kappa shape index (κ3) is 16.1. The molecular formula is C37H73NO9. The smallest absolute Gasteiger partial charge is 0.157 e. The highest BCUT2D eigenvalue weighted by Crippen LogP contribution is 2.32. The van der Waals surface area contributed by atoms with E-state index in [1.54, 1.807) is 21.0 Å². The lowest BCUT2D eigenvalue weighted by Gasteiger charge is -2.38. The van der Waals surface area contributed by atoms with Crippen LogP contribution in [-0.4, -0.2) is 103 Å². The number of carbonyl (C=O) groups is 2. The van der Waals surface area contributed by atoms with Crippen molar-refractivity contribution in [2.75, 3.05) is 27.9 Å². The first-order chi connectivity index (χ1) is 21.9. The molecule has 0 amide bonds. The second-order valence-electron chi connectivity index (χ2n) is 14.5. The van der Waals surface area contributed by atoms with Gasteiger partial charge in [-0.1, -0.05) is 41.5 Å². The standard InChI is InChI=1S/C20H36O4.C8H17NO.C7H14O4.C2H6/c1-13-8-7-11-20(5,24-6)12-15(3)19(23)16(4)18(22)14(2)9-10-17(13)21;1-6-4-8(9-3)5-7(2)10-6;1-7(10-2)3-6(9)11-4-5(7)8;1-2/h13-16,18,22H,7-12H2,1-6H3;6-9H,4-5H2,1-3H3;5-6,8-9H,3-4H2,1-2H3;1-2H3/t13?,14-,15+,16?,18?,20-;;5?,6?,7-;/m0.1./s1. The van der Waals surface area contributed by atoms with E-state index in [0.29, 0.717) is 43.9 Å². The Labute approximate surface area is 287 Å². The molecule has 0 aromatic carbocycles. The number of ether oxygens (including phenoxy) is 4. The number of nitrogens with one attached hydrogen (secondary N) is 1. The summed E-state index contributed by atoms with van der Waals surface area (Å²) in [7, 11) is 5.23. The van der Waals surface area contributed by atoms with Crippen molar-refractivity contribution in [3.8, 4) is 0 Å². The van der Waals surface area contributed by atoms with Crippen molar-refractivity contribution >= 4 is 11.6 Å². The van der Waals surface area contributed by atoms with Gasteiger partial charge in [-0.3, -0.25) is 9.59 Å². The molecule has 0 aromatic rings. The average Bonchev–Trinajstić information content (AvgIpc) is 3.04. The van der Waals surface area contributed by atoms with Crippen LogP contribution in [0, 0.1) is 23.7 Å². The van der Waals surface area contributed by atoms with Crippen LogP contribution in [0.5, 0.6) is 0 Å². The number of hydrogen-bond donors (Lipinski definition) is 4. The van der Waals surface area contributed by atoms with E-state index in [9.17, 15) is 19.8 Å². The molecule has 3 rings (SSSR count). The van der Waals surface area contributed by atoms with Crippen molar-refractivity contribution in [3.05, 3.63) is 0 Å². The van der Waals surface area contributed by atoms with Gasteiger partial charge in [0.25, 0.3) is 0 Å². The number of hydrogen-bond acceptors (Lipinski definition) is 10. The Morgan fingerprint density at radius 2 is 1.43 bits per heavy atom. The molecule has 2 saturated heterocycles. The Morgan fingerprint density at radius 1 is 0.851 bits per heavy atom. The monoisotopic (exact) mass is 676 g/mol. The van der Waals surface area contributed by atoms with Gasteiger partial charge in [0.15, 0.2) is 6.29 Å². The van der Waals surface area contributed by atoms with E-state index in [2.05, 4.69) is 19.2 Å². The van der Waals surface area contributed by atoms with E-state index in [4.69, 9.17) is 24.1 Å².